The highest BCUT2D eigenvalue weighted by molar-refractivity contribution is 6.30. The average Bonchev–Trinajstić information content (AvgIpc) is 3.32. The van der Waals surface area contributed by atoms with E-state index in [-0.39, 0.29) is 17.9 Å². The van der Waals surface area contributed by atoms with Crippen molar-refractivity contribution < 1.29 is 14.3 Å². The molecule has 8 nitrogen and oxygen atoms in total. The molecule has 0 bridgehead atoms. The Morgan fingerprint density at radius 1 is 1.30 bits per heavy atom. The molecule has 2 saturated heterocycles. The van der Waals surface area contributed by atoms with Crippen LogP contribution in [0.25, 0.3) is 5.65 Å². The Kier molecular flexibility index (Phi) is 4.71. The minimum atomic E-state index is -0.465. The number of aromatic nitrogens is 3. The SMILES string of the molecule is O=C(Nc1cnn2ccc(N3CCC[C@@H]3c3cc(F)cc(Cl)c3)nc12)N1CC(O)C1. The number of nitrogens with one attached hydrogen (secondary N) is 1. The zero-order valence-electron chi connectivity index (χ0n) is 16.0. The number of rotatable bonds is 3. The number of hydrogen-bond donors (Lipinski definition) is 2. The molecule has 0 radical (unpaired) electrons. The van der Waals surface area contributed by atoms with Crippen molar-refractivity contribution in [2.45, 2.75) is 25.0 Å². The van der Waals surface area contributed by atoms with Gasteiger partial charge < -0.3 is 20.2 Å². The van der Waals surface area contributed by atoms with Crippen molar-refractivity contribution in [3.05, 3.63) is 53.1 Å². The van der Waals surface area contributed by atoms with E-state index in [4.69, 9.17) is 16.6 Å². The van der Waals surface area contributed by atoms with Crippen LogP contribution in [0, 0.1) is 5.82 Å². The molecule has 0 unspecified atom stereocenters. The highest BCUT2D eigenvalue weighted by Crippen LogP contribution is 2.37. The number of benzene rings is 1. The number of carbonyl (C=O) groups is 1. The zero-order chi connectivity index (χ0) is 20.8. The van der Waals surface area contributed by atoms with E-state index in [9.17, 15) is 14.3 Å². The van der Waals surface area contributed by atoms with Gasteiger partial charge in [0.25, 0.3) is 0 Å². The van der Waals surface area contributed by atoms with Crippen LogP contribution in [0.2, 0.25) is 5.02 Å². The summed E-state index contributed by atoms with van der Waals surface area (Å²) >= 11 is 6.06. The number of amides is 2. The number of fused-ring (bicyclic) bond motifs is 1. The van der Waals surface area contributed by atoms with Crippen LogP contribution in [0.4, 0.5) is 20.7 Å². The molecule has 0 aliphatic carbocycles. The first-order valence-electron chi connectivity index (χ1n) is 9.79. The van der Waals surface area contributed by atoms with Crippen LogP contribution in [0.3, 0.4) is 0 Å². The van der Waals surface area contributed by atoms with E-state index in [1.807, 2.05) is 6.07 Å². The molecular weight excluding hydrogens is 411 g/mol. The van der Waals surface area contributed by atoms with E-state index in [0.29, 0.717) is 29.4 Å². The monoisotopic (exact) mass is 430 g/mol. The molecule has 10 heteroatoms. The molecule has 0 saturated carbocycles. The minimum Gasteiger partial charge on any atom is -0.389 e. The number of β-amino-alcohol motifs (C(OH)–C–C–N with tert-alkyl or cyclic N) is 1. The first kappa shape index (κ1) is 19.1. The summed E-state index contributed by atoms with van der Waals surface area (Å²) in [6.45, 7) is 1.41. The van der Waals surface area contributed by atoms with Gasteiger partial charge in [-0.05, 0) is 42.7 Å². The third-order valence-electron chi connectivity index (χ3n) is 5.56. The Bertz CT molecular complexity index is 1100. The van der Waals surface area contributed by atoms with Crippen LogP contribution in [-0.4, -0.2) is 56.4 Å². The van der Waals surface area contributed by atoms with Gasteiger partial charge in [-0.3, -0.25) is 0 Å². The van der Waals surface area contributed by atoms with Crippen LogP contribution >= 0.6 is 11.6 Å². The summed E-state index contributed by atoms with van der Waals surface area (Å²) in [5.74, 6) is 0.366. The molecular formula is C20H20ClFN6O2. The Morgan fingerprint density at radius 2 is 2.13 bits per heavy atom. The number of likely N-dealkylation sites (tertiary alicyclic amines) is 1. The molecule has 2 amide bonds. The van der Waals surface area contributed by atoms with Gasteiger partial charge in [0.15, 0.2) is 5.65 Å². The second-order valence-electron chi connectivity index (χ2n) is 7.66. The van der Waals surface area contributed by atoms with Crippen LogP contribution < -0.4 is 10.2 Å². The predicted molar refractivity (Wildman–Crippen MR) is 110 cm³/mol. The molecule has 3 aromatic rings. The van der Waals surface area contributed by atoms with Gasteiger partial charge in [-0.2, -0.15) is 5.10 Å². The molecule has 2 aromatic heterocycles. The Morgan fingerprint density at radius 3 is 2.90 bits per heavy atom. The lowest BCUT2D eigenvalue weighted by Gasteiger charge is -2.35. The van der Waals surface area contributed by atoms with Gasteiger partial charge in [-0.1, -0.05) is 11.6 Å². The number of urea groups is 1. The summed E-state index contributed by atoms with van der Waals surface area (Å²) in [6, 6.07) is 6.13. The van der Waals surface area contributed by atoms with E-state index in [0.717, 1.165) is 30.8 Å². The third-order valence-corrected chi connectivity index (χ3v) is 5.78. The Labute approximate surface area is 176 Å². The van der Waals surface area contributed by atoms with Gasteiger partial charge in [-0.25, -0.2) is 18.7 Å². The molecule has 0 spiro atoms. The number of anilines is 2. The standard InChI is InChI=1S/C20H20ClFN6O2/c21-13-6-12(7-14(22)8-13)17-2-1-4-27(17)18-3-5-28-19(25-18)16(9-23-28)24-20(30)26-10-15(29)11-26/h3,5-9,15,17,29H,1-2,4,10-11H2,(H,24,30)/t17-/m1/s1. The van der Waals surface area contributed by atoms with Crippen molar-refractivity contribution in [1.82, 2.24) is 19.5 Å². The topological polar surface area (TPSA) is 86.0 Å². The number of aliphatic hydroxyl groups is 1. The Hall–Kier alpha value is -2.91. The van der Waals surface area contributed by atoms with Crippen molar-refractivity contribution in [3.8, 4) is 0 Å². The number of aliphatic hydroxyl groups excluding tert-OH is 1. The molecule has 2 fully saturated rings. The highest BCUT2D eigenvalue weighted by Gasteiger charge is 2.30. The van der Waals surface area contributed by atoms with Crippen molar-refractivity contribution in [1.29, 1.82) is 0 Å². The summed E-state index contributed by atoms with van der Waals surface area (Å²) in [5, 5.41) is 16.8. The average molecular weight is 431 g/mol. The molecule has 4 heterocycles. The Balaban J connectivity index is 1.43. The van der Waals surface area contributed by atoms with Gasteiger partial charge in [0.05, 0.1) is 31.4 Å². The van der Waals surface area contributed by atoms with Gasteiger partial charge >= 0.3 is 6.03 Å². The predicted octanol–water partition coefficient (Wildman–Crippen LogP) is 3.07. The maximum Gasteiger partial charge on any atom is 0.322 e. The maximum absolute atomic E-state index is 13.9. The van der Waals surface area contributed by atoms with Gasteiger partial charge in [0, 0.05) is 17.8 Å². The van der Waals surface area contributed by atoms with Gasteiger partial charge in [0.2, 0.25) is 0 Å². The molecule has 2 N–H and O–H groups in total. The van der Waals surface area contributed by atoms with Crippen molar-refractivity contribution >= 4 is 34.8 Å². The van der Waals surface area contributed by atoms with Crippen LogP contribution in [-0.2, 0) is 0 Å². The normalized spacial score (nSPS) is 19.4. The van der Waals surface area contributed by atoms with E-state index in [1.54, 1.807) is 23.0 Å². The van der Waals surface area contributed by atoms with E-state index < -0.39 is 6.10 Å². The number of hydrogen-bond acceptors (Lipinski definition) is 5. The van der Waals surface area contributed by atoms with Crippen LogP contribution in [0.1, 0.15) is 24.4 Å². The van der Waals surface area contributed by atoms with Crippen molar-refractivity contribution in [3.63, 3.8) is 0 Å². The molecule has 1 atom stereocenters. The molecule has 5 rings (SSSR count). The van der Waals surface area contributed by atoms with Crippen LogP contribution in [0.5, 0.6) is 0 Å². The molecule has 156 valence electrons. The fourth-order valence-corrected chi connectivity index (χ4v) is 4.31. The summed E-state index contributed by atoms with van der Waals surface area (Å²) in [6.07, 6.45) is 4.69. The zero-order valence-corrected chi connectivity index (χ0v) is 16.8. The van der Waals surface area contributed by atoms with Crippen LogP contribution in [0.15, 0.2) is 36.7 Å². The first-order valence-corrected chi connectivity index (χ1v) is 10.2. The van der Waals surface area contributed by atoms with Gasteiger partial charge in [0.1, 0.15) is 17.3 Å². The van der Waals surface area contributed by atoms with E-state index in [2.05, 4.69) is 15.3 Å². The highest BCUT2D eigenvalue weighted by atomic mass is 35.5. The minimum absolute atomic E-state index is 0.0308. The fourth-order valence-electron chi connectivity index (χ4n) is 4.08. The summed E-state index contributed by atoms with van der Waals surface area (Å²) < 4.78 is 15.5. The smallest absolute Gasteiger partial charge is 0.322 e. The summed E-state index contributed by atoms with van der Waals surface area (Å²) in [5.41, 5.74) is 1.83. The quantitative estimate of drug-likeness (QED) is 0.667. The number of nitrogens with zero attached hydrogens (tertiary/aromatic N) is 5. The lowest BCUT2D eigenvalue weighted by Crippen LogP contribution is -2.54. The van der Waals surface area contributed by atoms with Crippen molar-refractivity contribution in [2.24, 2.45) is 0 Å². The van der Waals surface area contributed by atoms with Gasteiger partial charge in [-0.15, -0.1) is 0 Å². The molecule has 1 aromatic carbocycles. The lowest BCUT2D eigenvalue weighted by atomic mass is 10.0. The largest absolute Gasteiger partial charge is 0.389 e. The molecule has 2 aliphatic rings. The molecule has 30 heavy (non-hydrogen) atoms. The number of carbonyl (C=O) groups excluding carboxylic acids is 1. The summed E-state index contributed by atoms with van der Waals surface area (Å²) in [7, 11) is 0. The summed E-state index contributed by atoms with van der Waals surface area (Å²) in [4.78, 5) is 20.7. The van der Waals surface area contributed by atoms with E-state index in [1.165, 1.54) is 17.0 Å². The number of halogens is 2. The first-order chi connectivity index (χ1) is 14.5. The molecule has 2 aliphatic heterocycles. The second kappa shape index (κ2) is 7.41. The second-order valence-corrected chi connectivity index (χ2v) is 8.09. The maximum atomic E-state index is 13.9. The lowest BCUT2D eigenvalue weighted by molar-refractivity contribution is 0.0309. The third kappa shape index (κ3) is 3.44. The van der Waals surface area contributed by atoms with E-state index >= 15 is 0 Å². The fraction of sp³-hybridized carbons (Fsp3) is 0.350. The van der Waals surface area contributed by atoms with Crippen molar-refractivity contribution in [2.75, 3.05) is 29.9 Å².